The lowest BCUT2D eigenvalue weighted by Gasteiger charge is -2.25. The number of benzene rings is 1. The molecule has 0 radical (unpaired) electrons. The third kappa shape index (κ3) is 7.29. The number of aliphatic hydroxyl groups is 1. The van der Waals surface area contributed by atoms with Gasteiger partial charge in [0, 0.05) is 5.38 Å². The molecule has 1 aliphatic heterocycles. The van der Waals surface area contributed by atoms with Gasteiger partial charge in [-0.2, -0.15) is 4.98 Å². The number of esters is 1. The largest absolute Gasteiger partial charge is 0.530 e. The Labute approximate surface area is 232 Å². The topological polar surface area (TPSA) is 161 Å². The monoisotopic (exact) mass is 607 g/mol. The van der Waals surface area contributed by atoms with Crippen molar-refractivity contribution in [2.45, 2.75) is 56.3 Å². The molecule has 0 saturated carbocycles. The van der Waals surface area contributed by atoms with Crippen LogP contribution in [0.15, 0.2) is 41.3 Å². The van der Waals surface area contributed by atoms with Gasteiger partial charge >= 0.3 is 19.5 Å². The van der Waals surface area contributed by atoms with Gasteiger partial charge in [-0.05, 0) is 44.5 Å². The number of phosphoric ester groups is 1. The van der Waals surface area contributed by atoms with E-state index in [1.165, 1.54) is 19.1 Å². The molecule has 212 valence electrons. The van der Waals surface area contributed by atoms with Gasteiger partial charge in [-0.3, -0.25) is 13.6 Å². The predicted octanol–water partition coefficient (Wildman–Crippen LogP) is 2.96. The van der Waals surface area contributed by atoms with Crippen molar-refractivity contribution in [1.29, 1.82) is 0 Å². The maximum absolute atomic E-state index is 14.1. The van der Waals surface area contributed by atoms with Gasteiger partial charge in [0.2, 0.25) is 0 Å². The van der Waals surface area contributed by atoms with E-state index in [0.717, 1.165) is 0 Å². The van der Waals surface area contributed by atoms with Crippen LogP contribution in [0.25, 0.3) is 0 Å². The molecule has 1 fully saturated rings. The molecule has 0 bridgehead atoms. The SMILES string of the molecule is CC(C)OC(=O)[C@H](C)OP(=O)(OC[C@H]1O[C@@H](n2cc(F)c(N)nc2=O)[C@@](Cl)(C#CCl)C1O)Oc1ccccc1. The summed E-state index contributed by atoms with van der Waals surface area (Å²) < 4.78 is 55.3. The minimum Gasteiger partial charge on any atom is -0.461 e. The van der Waals surface area contributed by atoms with Gasteiger partial charge < -0.3 is 24.8 Å². The fraction of sp³-hybridized carbons (Fsp3) is 0.435. The highest BCUT2D eigenvalue weighted by Gasteiger charge is 2.57. The summed E-state index contributed by atoms with van der Waals surface area (Å²) in [7, 11) is -4.60. The van der Waals surface area contributed by atoms with Gasteiger partial charge in [-0.1, -0.05) is 35.7 Å². The number of hydrogen-bond donors (Lipinski definition) is 2. The fourth-order valence-corrected chi connectivity index (χ4v) is 5.29. The molecule has 0 aliphatic carbocycles. The molecule has 3 N–H and O–H groups in total. The Morgan fingerprint density at radius 1 is 1.36 bits per heavy atom. The molecule has 2 aromatic rings. The van der Waals surface area contributed by atoms with Crippen LogP contribution in [-0.4, -0.2) is 56.5 Å². The first-order valence-corrected chi connectivity index (χ1v) is 13.6. The number of carbonyl (C=O) groups excluding carboxylic acids is 1. The van der Waals surface area contributed by atoms with Crippen molar-refractivity contribution in [2.24, 2.45) is 0 Å². The lowest BCUT2D eigenvalue weighted by molar-refractivity contribution is -0.156. The smallest absolute Gasteiger partial charge is 0.461 e. The second-order valence-electron chi connectivity index (χ2n) is 8.50. The number of aromatic nitrogens is 2. The molecule has 12 nitrogen and oxygen atoms in total. The Bertz CT molecular complexity index is 1350. The molecule has 1 aromatic heterocycles. The van der Waals surface area contributed by atoms with E-state index in [1.807, 2.05) is 5.38 Å². The Morgan fingerprint density at radius 3 is 2.64 bits per heavy atom. The minimum atomic E-state index is -4.60. The van der Waals surface area contributed by atoms with Crippen LogP contribution in [0.1, 0.15) is 27.0 Å². The maximum Gasteiger partial charge on any atom is 0.530 e. The lowest BCUT2D eigenvalue weighted by Crippen LogP contribution is -2.43. The normalized spacial score (nSPS) is 24.9. The first-order valence-electron chi connectivity index (χ1n) is 11.4. The van der Waals surface area contributed by atoms with Gasteiger partial charge in [0.1, 0.15) is 18.0 Å². The van der Waals surface area contributed by atoms with Crippen molar-refractivity contribution in [3.63, 3.8) is 0 Å². The molecular formula is C23H25Cl2FN3O9P. The van der Waals surface area contributed by atoms with E-state index >= 15 is 0 Å². The number of nitrogen functional groups attached to an aromatic ring is 1. The number of aliphatic hydroxyl groups excluding tert-OH is 1. The van der Waals surface area contributed by atoms with Crippen molar-refractivity contribution < 1.29 is 41.9 Å². The predicted molar refractivity (Wildman–Crippen MR) is 137 cm³/mol. The Balaban J connectivity index is 1.88. The van der Waals surface area contributed by atoms with Crippen LogP contribution in [0.3, 0.4) is 0 Å². The summed E-state index contributed by atoms with van der Waals surface area (Å²) in [4.78, 5) is 25.9. The number of hydrogen-bond acceptors (Lipinski definition) is 11. The van der Waals surface area contributed by atoms with Gasteiger partial charge in [0.15, 0.2) is 28.8 Å². The van der Waals surface area contributed by atoms with Gasteiger partial charge in [-0.15, -0.1) is 0 Å². The number of rotatable bonds is 10. The van der Waals surface area contributed by atoms with Crippen LogP contribution >= 0.6 is 31.0 Å². The summed E-state index contributed by atoms with van der Waals surface area (Å²) in [6.45, 7) is 3.80. The first kappa shape index (κ1) is 30.8. The van der Waals surface area contributed by atoms with E-state index in [-0.39, 0.29) is 5.75 Å². The van der Waals surface area contributed by atoms with E-state index in [1.54, 1.807) is 32.0 Å². The molecule has 2 unspecified atom stereocenters. The summed E-state index contributed by atoms with van der Waals surface area (Å²) in [5, 5.41) is 12.9. The van der Waals surface area contributed by atoms with E-state index in [4.69, 9.17) is 52.0 Å². The van der Waals surface area contributed by atoms with Crippen molar-refractivity contribution >= 4 is 42.8 Å². The molecule has 6 atom stereocenters. The molecular weight excluding hydrogens is 583 g/mol. The molecule has 2 heterocycles. The van der Waals surface area contributed by atoms with Crippen LogP contribution in [-0.2, 0) is 27.9 Å². The highest BCUT2D eigenvalue weighted by Crippen LogP contribution is 2.52. The zero-order valence-corrected chi connectivity index (χ0v) is 23.2. The Kier molecular flexibility index (Phi) is 10.0. The Hall–Kier alpha value is -2.69. The molecule has 0 spiro atoms. The number of halogens is 3. The molecule has 0 amide bonds. The molecule has 1 aromatic carbocycles. The van der Waals surface area contributed by atoms with Crippen molar-refractivity contribution in [2.75, 3.05) is 12.3 Å². The van der Waals surface area contributed by atoms with Crippen LogP contribution in [0.4, 0.5) is 10.2 Å². The van der Waals surface area contributed by atoms with Crippen LogP contribution < -0.4 is 15.9 Å². The standard InChI is InChI=1S/C23H25Cl2FN3O9P/c1-13(2)35-20(31)14(3)37-39(33,38-15-7-5-4-6-8-15)34-12-17-18(30)23(25,9-10-24)21(36-17)29-11-16(26)19(27)28-22(29)32/h4-8,11,13-14,17-18,21,30H,12H2,1-3H3,(H2,27,28,32)/t14-,17+,18?,21+,23+,39?/m0/s1. The number of nitrogens with two attached hydrogens (primary N) is 1. The number of nitrogens with zero attached hydrogens (tertiary/aromatic N) is 2. The quantitative estimate of drug-likeness (QED) is 0.177. The number of phosphoric acid groups is 1. The minimum absolute atomic E-state index is 0.0747. The highest BCUT2D eigenvalue weighted by atomic mass is 35.5. The first-order chi connectivity index (χ1) is 18.3. The van der Waals surface area contributed by atoms with E-state index in [2.05, 4.69) is 10.9 Å². The number of ether oxygens (including phenoxy) is 2. The van der Waals surface area contributed by atoms with E-state index < -0.39 is 73.2 Å². The van der Waals surface area contributed by atoms with Crippen LogP contribution in [0.5, 0.6) is 5.75 Å². The van der Waals surface area contributed by atoms with Gasteiger partial charge in [0.05, 0.1) is 18.9 Å². The molecule has 3 rings (SSSR count). The van der Waals surface area contributed by atoms with Crippen LogP contribution in [0.2, 0.25) is 0 Å². The Morgan fingerprint density at radius 2 is 2.03 bits per heavy atom. The zero-order valence-electron chi connectivity index (χ0n) is 20.8. The van der Waals surface area contributed by atoms with E-state index in [0.29, 0.717) is 10.8 Å². The average Bonchev–Trinajstić information content (AvgIpc) is 3.10. The number of alkyl halides is 1. The van der Waals surface area contributed by atoms with Crippen molar-refractivity contribution in [3.05, 3.63) is 52.8 Å². The highest BCUT2D eigenvalue weighted by molar-refractivity contribution is 7.49. The second kappa shape index (κ2) is 12.7. The molecule has 1 saturated heterocycles. The number of anilines is 1. The van der Waals surface area contributed by atoms with Crippen LogP contribution in [0, 0.1) is 17.1 Å². The number of para-hydroxylation sites is 1. The fourth-order valence-electron chi connectivity index (χ4n) is 3.41. The van der Waals surface area contributed by atoms with Gasteiger partial charge in [0.25, 0.3) is 0 Å². The third-order valence-corrected chi connectivity index (χ3v) is 7.27. The number of carbonyl (C=O) groups is 1. The lowest BCUT2D eigenvalue weighted by atomic mass is 9.99. The second-order valence-corrected chi connectivity index (χ2v) is 10.9. The maximum atomic E-state index is 14.1. The van der Waals surface area contributed by atoms with Crippen molar-refractivity contribution in [1.82, 2.24) is 9.55 Å². The summed E-state index contributed by atoms with van der Waals surface area (Å²) in [5.74, 6) is -0.167. The summed E-state index contributed by atoms with van der Waals surface area (Å²) in [6.07, 6.45) is -6.01. The van der Waals surface area contributed by atoms with E-state index in [9.17, 15) is 23.7 Å². The molecule has 39 heavy (non-hydrogen) atoms. The average molecular weight is 608 g/mol. The molecule has 1 aliphatic rings. The molecule has 16 heteroatoms. The summed E-state index contributed by atoms with van der Waals surface area (Å²) >= 11 is 12.0. The zero-order chi connectivity index (χ0) is 29.0. The van der Waals surface area contributed by atoms with Gasteiger partial charge in [-0.25, -0.2) is 18.5 Å². The third-order valence-electron chi connectivity index (χ3n) is 5.20. The summed E-state index contributed by atoms with van der Waals surface area (Å²) in [6, 6.07) is 7.79. The summed E-state index contributed by atoms with van der Waals surface area (Å²) in [5.41, 5.74) is 4.27. The van der Waals surface area contributed by atoms with Crippen molar-refractivity contribution in [3.8, 4) is 17.0 Å².